The summed E-state index contributed by atoms with van der Waals surface area (Å²) in [5.74, 6) is 2.83. The lowest BCUT2D eigenvalue weighted by Crippen LogP contribution is -2.18. The number of hydrogen-bond acceptors (Lipinski definition) is 5. The van der Waals surface area contributed by atoms with Crippen molar-refractivity contribution in [1.82, 2.24) is 4.57 Å². The summed E-state index contributed by atoms with van der Waals surface area (Å²) in [5, 5.41) is 0. The van der Waals surface area contributed by atoms with E-state index in [1.165, 1.54) is 11.6 Å². The molecule has 3 aromatic rings. The van der Waals surface area contributed by atoms with Gasteiger partial charge in [-0.25, -0.2) is 0 Å². The minimum absolute atomic E-state index is 0.106. The number of rotatable bonds is 12. The van der Waals surface area contributed by atoms with Crippen molar-refractivity contribution >= 4 is 0 Å². The number of unbranched alkanes of at least 4 members (excludes halogenated alkanes) is 1. The quantitative estimate of drug-likeness (QED) is 0.381. The van der Waals surface area contributed by atoms with Gasteiger partial charge in [-0.2, -0.15) is 0 Å². The Morgan fingerprint density at radius 1 is 0.719 bits per heavy atom. The van der Waals surface area contributed by atoms with Gasteiger partial charge in [0.25, 0.3) is 0 Å². The average molecular weight is 438 g/mol. The highest BCUT2D eigenvalue weighted by atomic mass is 16.5. The van der Waals surface area contributed by atoms with Crippen LogP contribution in [0.4, 0.5) is 0 Å². The van der Waals surface area contributed by atoms with E-state index in [9.17, 15) is 4.79 Å². The maximum Gasteiger partial charge on any atom is 0.223 e. The number of methoxy groups -OCH3 is 1. The molecular formula is C26H31NO5. The maximum atomic E-state index is 12.3. The standard InChI is InChI=1S/C26H31NO5/c1-20-6-8-23(9-7-20)30-17-4-5-18-32-26-21(2)27(15-14-25(26)28)16-19-31-24-12-10-22(29-3)11-13-24/h6-15H,4-5,16-19H2,1-3H3. The second-order valence-electron chi connectivity index (χ2n) is 7.53. The average Bonchev–Trinajstić information content (AvgIpc) is 2.81. The Kier molecular flexibility index (Phi) is 8.61. The highest BCUT2D eigenvalue weighted by Gasteiger charge is 2.09. The van der Waals surface area contributed by atoms with Crippen molar-refractivity contribution in [2.75, 3.05) is 26.9 Å². The van der Waals surface area contributed by atoms with Crippen LogP contribution in [0.15, 0.2) is 65.6 Å². The number of pyridine rings is 1. The highest BCUT2D eigenvalue weighted by molar-refractivity contribution is 5.31. The van der Waals surface area contributed by atoms with Gasteiger partial charge < -0.3 is 23.5 Å². The van der Waals surface area contributed by atoms with Crippen molar-refractivity contribution in [3.05, 3.63) is 82.3 Å². The van der Waals surface area contributed by atoms with E-state index in [1.54, 1.807) is 13.3 Å². The molecule has 0 aliphatic heterocycles. The number of hydrogen-bond donors (Lipinski definition) is 0. The summed E-state index contributed by atoms with van der Waals surface area (Å²) < 4.78 is 24.5. The van der Waals surface area contributed by atoms with Gasteiger partial charge >= 0.3 is 0 Å². The predicted octanol–water partition coefficient (Wildman–Crippen LogP) is 4.79. The van der Waals surface area contributed by atoms with Gasteiger partial charge in [0.05, 0.1) is 32.6 Å². The minimum atomic E-state index is -0.106. The fraction of sp³-hybridized carbons (Fsp3) is 0.346. The summed E-state index contributed by atoms with van der Waals surface area (Å²) in [7, 11) is 1.63. The molecule has 0 bridgehead atoms. The van der Waals surface area contributed by atoms with Crippen LogP contribution in [0.5, 0.6) is 23.0 Å². The van der Waals surface area contributed by atoms with E-state index < -0.39 is 0 Å². The van der Waals surface area contributed by atoms with Crippen LogP contribution in [-0.4, -0.2) is 31.5 Å². The van der Waals surface area contributed by atoms with E-state index in [2.05, 4.69) is 6.92 Å². The van der Waals surface area contributed by atoms with Gasteiger partial charge in [-0.3, -0.25) is 4.79 Å². The lowest BCUT2D eigenvalue weighted by atomic mass is 10.2. The number of ether oxygens (including phenoxy) is 4. The van der Waals surface area contributed by atoms with Crippen molar-refractivity contribution in [3.63, 3.8) is 0 Å². The van der Waals surface area contributed by atoms with E-state index in [0.717, 1.165) is 35.8 Å². The van der Waals surface area contributed by atoms with E-state index in [0.29, 0.717) is 32.1 Å². The zero-order valence-corrected chi connectivity index (χ0v) is 19.0. The fourth-order valence-electron chi connectivity index (χ4n) is 3.21. The van der Waals surface area contributed by atoms with Gasteiger partial charge in [0, 0.05) is 12.3 Å². The molecule has 6 heteroatoms. The van der Waals surface area contributed by atoms with Crippen LogP contribution in [0.2, 0.25) is 0 Å². The van der Waals surface area contributed by atoms with Crippen LogP contribution < -0.4 is 24.4 Å². The van der Waals surface area contributed by atoms with E-state index in [4.69, 9.17) is 18.9 Å². The summed E-state index contributed by atoms with van der Waals surface area (Å²) in [5.41, 5.74) is 1.90. The summed E-state index contributed by atoms with van der Waals surface area (Å²) in [4.78, 5) is 12.3. The van der Waals surface area contributed by atoms with Gasteiger partial charge in [0.15, 0.2) is 5.75 Å². The Morgan fingerprint density at radius 2 is 1.28 bits per heavy atom. The first-order chi connectivity index (χ1) is 15.6. The third kappa shape index (κ3) is 6.80. The molecule has 0 amide bonds. The van der Waals surface area contributed by atoms with Crippen LogP contribution in [0.25, 0.3) is 0 Å². The molecule has 0 unspecified atom stereocenters. The van der Waals surface area contributed by atoms with Crippen LogP contribution >= 0.6 is 0 Å². The highest BCUT2D eigenvalue weighted by Crippen LogP contribution is 2.18. The van der Waals surface area contributed by atoms with Crippen LogP contribution in [-0.2, 0) is 6.54 Å². The molecule has 2 aromatic carbocycles. The van der Waals surface area contributed by atoms with Crippen molar-refractivity contribution in [2.45, 2.75) is 33.2 Å². The lowest BCUT2D eigenvalue weighted by Gasteiger charge is -2.15. The van der Waals surface area contributed by atoms with Crippen molar-refractivity contribution in [2.24, 2.45) is 0 Å². The number of benzene rings is 2. The molecule has 0 saturated carbocycles. The SMILES string of the molecule is COc1ccc(OCCn2ccc(=O)c(OCCCCOc3ccc(C)cc3)c2C)cc1. The molecule has 1 heterocycles. The number of nitrogens with zero attached hydrogens (tertiary/aromatic N) is 1. The Labute approximate surface area is 189 Å². The third-order valence-corrected chi connectivity index (χ3v) is 5.12. The van der Waals surface area contributed by atoms with Gasteiger partial charge in [0.1, 0.15) is 23.9 Å². The molecule has 32 heavy (non-hydrogen) atoms. The molecule has 0 aliphatic rings. The third-order valence-electron chi connectivity index (χ3n) is 5.12. The minimum Gasteiger partial charge on any atom is -0.497 e. The van der Waals surface area contributed by atoms with E-state index in [-0.39, 0.29) is 5.43 Å². The first-order valence-corrected chi connectivity index (χ1v) is 10.9. The molecule has 0 N–H and O–H groups in total. The second-order valence-corrected chi connectivity index (χ2v) is 7.53. The summed E-state index contributed by atoms with van der Waals surface area (Å²) in [6.07, 6.45) is 3.43. The summed E-state index contributed by atoms with van der Waals surface area (Å²) >= 11 is 0. The monoisotopic (exact) mass is 437 g/mol. The summed E-state index contributed by atoms with van der Waals surface area (Å²) in [6, 6.07) is 17.0. The Bertz CT molecular complexity index is 1030. The Morgan fingerprint density at radius 3 is 1.94 bits per heavy atom. The first kappa shape index (κ1) is 23.3. The maximum absolute atomic E-state index is 12.3. The van der Waals surface area contributed by atoms with E-state index >= 15 is 0 Å². The van der Waals surface area contributed by atoms with Crippen LogP contribution in [0, 0.1) is 13.8 Å². The number of aryl methyl sites for hydroxylation is 1. The zero-order valence-electron chi connectivity index (χ0n) is 19.0. The van der Waals surface area contributed by atoms with Crippen molar-refractivity contribution in [1.29, 1.82) is 0 Å². The van der Waals surface area contributed by atoms with Gasteiger partial charge in [0.2, 0.25) is 5.43 Å². The molecule has 0 fully saturated rings. The van der Waals surface area contributed by atoms with E-state index in [1.807, 2.05) is 60.0 Å². The van der Waals surface area contributed by atoms with Gasteiger partial charge in [-0.1, -0.05) is 17.7 Å². The molecule has 0 atom stereocenters. The first-order valence-electron chi connectivity index (χ1n) is 10.9. The smallest absolute Gasteiger partial charge is 0.223 e. The second kappa shape index (κ2) is 11.8. The molecule has 0 radical (unpaired) electrons. The molecule has 170 valence electrons. The topological polar surface area (TPSA) is 58.9 Å². The van der Waals surface area contributed by atoms with Gasteiger partial charge in [-0.15, -0.1) is 0 Å². The Balaban J connectivity index is 1.43. The van der Waals surface area contributed by atoms with Crippen molar-refractivity contribution in [3.8, 4) is 23.0 Å². The molecule has 0 saturated heterocycles. The molecule has 0 aliphatic carbocycles. The molecule has 3 rings (SSSR count). The molecule has 1 aromatic heterocycles. The molecular weight excluding hydrogens is 406 g/mol. The van der Waals surface area contributed by atoms with Crippen LogP contribution in [0.3, 0.4) is 0 Å². The van der Waals surface area contributed by atoms with Crippen LogP contribution in [0.1, 0.15) is 24.1 Å². The lowest BCUT2D eigenvalue weighted by molar-refractivity contribution is 0.260. The van der Waals surface area contributed by atoms with Gasteiger partial charge in [-0.05, 0) is 63.1 Å². The predicted molar refractivity (Wildman–Crippen MR) is 125 cm³/mol. The van der Waals surface area contributed by atoms with Crippen molar-refractivity contribution < 1.29 is 18.9 Å². The summed E-state index contributed by atoms with van der Waals surface area (Å²) in [6.45, 7) is 6.12. The largest absolute Gasteiger partial charge is 0.497 e. The Hall–Kier alpha value is -3.41. The number of aromatic nitrogens is 1. The normalized spacial score (nSPS) is 10.6. The molecule has 6 nitrogen and oxygen atoms in total. The molecule has 0 spiro atoms. The zero-order chi connectivity index (χ0) is 22.8. The fourth-order valence-corrected chi connectivity index (χ4v) is 3.21.